The van der Waals surface area contributed by atoms with Crippen LogP contribution >= 0.6 is 15.9 Å². The lowest BCUT2D eigenvalue weighted by molar-refractivity contribution is -0.137. The van der Waals surface area contributed by atoms with E-state index in [1.54, 1.807) is 13.0 Å². The van der Waals surface area contributed by atoms with Crippen molar-refractivity contribution in [3.05, 3.63) is 34.4 Å². The second-order valence-corrected chi connectivity index (χ2v) is 3.63. The predicted octanol–water partition coefficient (Wildman–Crippen LogP) is 3.78. The highest BCUT2D eigenvalue weighted by Gasteiger charge is 2.34. The number of alkyl halides is 4. The molecule has 5 heteroatoms. The van der Waals surface area contributed by atoms with Gasteiger partial charge in [-0.3, -0.25) is 0 Å². The Balaban J connectivity index is 3.44. The summed E-state index contributed by atoms with van der Waals surface area (Å²) in [5, 5.41) is 8.95. The first kappa shape index (κ1) is 12.1. The maximum absolute atomic E-state index is 12.5. The number of nitrogens with zero attached hydrogens (tertiary/aromatic N) is 1. The van der Waals surface area contributed by atoms with Crippen molar-refractivity contribution < 1.29 is 13.2 Å². The topological polar surface area (TPSA) is 23.8 Å². The molecule has 1 aromatic carbocycles. The first-order valence-electron chi connectivity index (χ1n) is 4.07. The second kappa shape index (κ2) is 4.23. The molecule has 0 aliphatic rings. The van der Waals surface area contributed by atoms with Crippen LogP contribution in [-0.4, -0.2) is 0 Å². The van der Waals surface area contributed by atoms with Crippen LogP contribution in [0.3, 0.4) is 0 Å². The summed E-state index contributed by atoms with van der Waals surface area (Å²) in [5.41, 5.74) is 0.0208. The standard InChI is InChI=1S/C10H7BrF3N/c1-6-2-8(5-15)9(10(12,13)14)3-7(6)4-11/h2-3H,4H2,1H3. The molecular formula is C10H7BrF3N. The average molecular weight is 278 g/mol. The molecule has 1 rings (SSSR count). The minimum Gasteiger partial charge on any atom is -0.192 e. The van der Waals surface area contributed by atoms with E-state index in [-0.39, 0.29) is 5.56 Å². The predicted molar refractivity (Wildman–Crippen MR) is 53.5 cm³/mol. The third-order valence-electron chi connectivity index (χ3n) is 2.05. The van der Waals surface area contributed by atoms with Gasteiger partial charge in [-0.1, -0.05) is 15.9 Å². The van der Waals surface area contributed by atoms with E-state index in [0.717, 1.165) is 6.07 Å². The SMILES string of the molecule is Cc1cc(C#N)c(C(F)(F)F)cc1CBr. The molecule has 0 bridgehead atoms. The molecule has 0 aliphatic carbocycles. The van der Waals surface area contributed by atoms with Crippen molar-refractivity contribution in [2.45, 2.75) is 18.4 Å². The Morgan fingerprint density at radius 1 is 1.40 bits per heavy atom. The van der Waals surface area contributed by atoms with Crippen molar-refractivity contribution in [1.82, 2.24) is 0 Å². The van der Waals surface area contributed by atoms with Gasteiger partial charge in [-0.25, -0.2) is 0 Å². The zero-order valence-electron chi connectivity index (χ0n) is 7.82. The molecule has 0 radical (unpaired) electrons. The van der Waals surface area contributed by atoms with Gasteiger partial charge in [0.2, 0.25) is 0 Å². The van der Waals surface area contributed by atoms with Gasteiger partial charge in [-0.05, 0) is 30.2 Å². The molecule has 0 saturated heterocycles. The van der Waals surface area contributed by atoms with Gasteiger partial charge in [-0.15, -0.1) is 0 Å². The van der Waals surface area contributed by atoms with Gasteiger partial charge < -0.3 is 0 Å². The quantitative estimate of drug-likeness (QED) is 0.717. The summed E-state index contributed by atoms with van der Waals surface area (Å²) in [6.07, 6.45) is -4.48. The van der Waals surface area contributed by atoms with Gasteiger partial charge in [0, 0.05) is 5.33 Å². The largest absolute Gasteiger partial charge is 0.417 e. The van der Waals surface area contributed by atoms with Gasteiger partial charge in [0.15, 0.2) is 0 Å². The van der Waals surface area contributed by atoms with Crippen LogP contribution in [0.1, 0.15) is 22.3 Å². The molecule has 0 atom stereocenters. The van der Waals surface area contributed by atoms with Crippen LogP contribution in [0.5, 0.6) is 0 Å². The number of benzene rings is 1. The smallest absolute Gasteiger partial charge is 0.192 e. The number of aryl methyl sites for hydroxylation is 1. The first-order chi connectivity index (χ1) is 6.90. The van der Waals surface area contributed by atoms with E-state index >= 15 is 0 Å². The van der Waals surface area contributed by atoms with E-state index in [1.807, 2.05) is 0 Å². The summed E-state index contributed by atoms with van der Waals surface area (Å²) < 4.78 is 37.6. The molecule has 0 spiro atoms. The first-order valence-corrected chi connectivity index (χ1v) is 5.19. The van der Waals surface area contributed by atoms with Crippen LogP contribution in [0.2, 0.25) is 0 Å². The summed E-state index contributed by atoms with van der Waals surface area (Å²) in [6.45, 7) is 1.68. The monoisotopic (exact) mass is 277 g/mol. The zero-order valence-corrected chi connectivity index (χ0v) is 9.41. The van der Waals surface area contributed by atoms with Gasteiger partial charge >= 0.3 is 6.18 Å². The van der Waals surface area contributed by atoms with Crippen molar-refractivity contribution >= 4 is 15.9 Å². The van der Waals surface area contributed by atoms with E-state index in [0.29, 0.717) is 16.5 Å². The van der Waals surface area contributed by atoms with Gasteiger partial charge in [0.05, 0.1) is 17.2 Å². The molecule has 0 aromatic heterocycles. The Morgan fingerprint density at radius 3 is 2.40 bits per heavy atom. The maximum atomic E-state index is 12.5. The third kappa shape index (κ3) is 2.51. The molecule has 1 aromatic rings. The molecule has 0 fully saturated rings. The average Bonchev–Trinajstić information content (AvgIpc) is 2.15. The minimum absolute atomic E-state index is 0.329. The summed E-state index contributed by atoms with van der Waals surface area (Å²) >= 11 is 3.11. The van der Waals surface area contributed by atoms with Crippen molar-refractivity contribution in [2.75, 3.05) is 0 Å². The van der Waals surface area contributed by atoms with E-state index in [4.69, 9.17) is 5.26 Å². The van der Waals surface area contributed by atoms with Crippen molar-refractivity contribution in [2.24, 2.45) is 0 Å². The Morgan fingerprint density at radius 2 is 2.00 bits per heavy atom. The fraction of sp³-hybridized carbons (Fsp3) is 0.300. The Kier molecular flexibility index (Phi) is 3.40. The zero-order chi connectivity index (χ0) is 11.6. The molecule has 0 unspecified atom stereocenters. The second-order valence-electron chi connectivity index (χ2n) is 3.07. The van der Waals surface area contributed by atoms with Gasteiger partial charge in [0.1, 0.15) is 0 Å². The molecule has 0 saturated carbocycles. The summed E-state index contributed by atoms with van der Waals surface area (Å²) in [5.74, 6) is 0. The molecule has 1 nitrogen and oxygen atoms in total. The maximum Gasteiger partial charge on any atom is 0.417 e. The molecule has 80 valence electrons. The number of rotatable bonds is 1. The van der Waals surface area contributed by atoms with E-state index < -0.39 is 11.7 Å². The van der Waals surface area contributed by atoms with E-state index in [9.17, 15) is 13.2 Å². The van der Waals surface area contributed by atoms with E-state index in [2.05, 4.69) is 15.9 Å². The van der Waals surface area contributed by atoms with Crippen molar-refractivity contribution in [3.63, 3.8) is 0 Å². The summed E-state index contributed by atoms with van der Waals surface area (Å²) in [6, 6.07) is 3.84. The molecule has 0 heterocycles. The Bertz CT molecular complexity index is 418. The minimum atomic E-state index is -4.48. The molecule has 0 aliphatic heterocycles. The lowest BCUT2D eigenvalue weighted by atomic mass is 10.0. The normalized spacial score (nSPS) is 11.2. The summed E-state index contributed by atoms with van der Waals surface area (Å²) in [7, 11) is 0. The van der Waals surface area contributed by atoms with Gasteiger partial charge in [-0.2, -0.15) is 18.4 Å². The number of nitriles is 1. The van der Waals surface area contributed by atoms with Crippen LogP contribution in [-0.2, 0) is 11.5 Å². The van der Waals surface area contributed by atoms with Crippen molar-refractivity contribution in [3.8, 4) is 6.07 Å². The third-order valence-corrected chi connectivity index (χ3v) is 2.65. The highest BCUT2D eigenvalue weighted by molar-refractivity contribution is 9.08. The van der Waals surface area contributed by atoms with Crippen LogP contribution in [0.15, 0.2) is 12.1 Å². The van der Waals surface area contributed by atoms with Crippen LogP contribution < -0.4 is 0 Å². The lowest BCUT2D eigenvalue weighted by Gasteiger charge is -2.11. The number of hydrogen-bond donors (Lipinski definition) is 0. The molecule has 0 amide bonds. The fourth-order valence-corrected chi connectivity index (χ4v) is 1.83. The highest BCUT2D eigenvalue weighted by atomic mass is 79.9. The Labute approximate surface area is 93.6 Å². The molecular weight excluding hydrogens is 271 g/mol. The number of hydrogen-bond acceptors (Lipinski definition) is 1. The highest BCUT2D eigenvalue weighted by Crippen LogP contribution is 2.33. The lowest BCUT2D eigenvalue weighted by Crippen LogP contribution is -2.09. The number of halogens is 4. The Hall–Kier alpha value is -1.02. The van der Waals surface area contributed by atoms with Crippen molar-refractivity contribution in [1.29, 1.82) is 5.26 Å². The summed E-state index contributed by atoms with van der Waals surface area (Å²) in [4.78, 5) is 0. The fourth-order valence-electron chi connectivity index (χ4n) is 1.22. The molecule has 15 heavy (non-hydrogen) atoms. The van der Waals surface area contributed by atoms with Crippen LogP contribution in [0.25, 0.3) is 0 Å². The molecule has 0 N–H and O–H groups in total. The van der Waals surface area contributed by atoms with Crippen LogP contribution in [0, 0.1) is 18.3 Å². The van der Waals surface area contributed by atoms with Gasteiger partial charge in [0.25, 0.3) is 0 Å². The van der Waals surface area contributed by atoms with Crippen LogP contribution in [0.4, 0.5) is 13.2 Å². The van der Waals surface area contributed by atoms with E-state index in [1.165, 1.54) is 6.07 Å².